The summed E-state index contributed by atoms with van der Waals surface area (Å²) in [5.41, 5.74) is 5.35. The minimum Gasteiger partial charge on any atom is -0.341 e. The zero-order valence-corrected chi connectivity index (χ0v) is 18.5. The SMILES string of the molecule is Cc1ccc(Nc2cc(C)c3c(=O)cc(Nc4ccccc4)n(-c4ccccc4)c3n2)cc1. The number of fused-ring (bicyclic) bond motifs is 1. The molecule has 2 N–H and O–H groups in total. The molecule has 2 aromatic heterocycles. The quantitative estimate of drug-likeness (QED) is 0.333. The van der Waals surface area contributed by atoms with Gasteiger partial charge in [0, 0.05) is 23.1 Å². The average Bonchev–Trinajstić information content (AvgIpc) is 2.81. The molecule has 5 heteroatoms. The van der Waals surface area contributed by atoms with Crippen molar-refractivity contribution in [2.45, 2.75) is 13.8 Å². The van der Waals surface area contributed by atoms with E-state index in [9.17, 15) is 4.79 Å². The lowest BCUT2D eigenvalue weighted by molar-refractivity contribution is 1.07. The zero-order valence-electron chi connectivity index (χ0n) is 18.5. The first-order chi connectivity index (χ1) is 16.1. The fourth-order valence-electron chi connectivity index (χ4n) is 3.95. The van der Waals surface area contributed by atoms with E-state index in [1.165, 1.54) is 5.56 Å². The Morgan fingerprint density at radius 1 is 0.727 bits per heavy atom. The summed E-state index contributed by atoms with van der Waals surface area (Å²) in [5.74, 6) is 1.34. The molecule has 2 heterocycles. The number of hydrogen-bond acceptors (Lipinski definition) is 4. The fraction of sp³-hybridized carbons (Fsp3) is 0.0714. The van der Waals surface area contributed by atoms with Crippen LogP contribution < -0.4 is 16.1 Å². The monoisotopic (exact) mass is 432 g/mol. The molecule has 0 aliphatic carbocycles. The summed E-state index contributed by atoms with van der Waals surface area (Å²) in [6, 6.07) is 31.5. The minimum atomic E-state index is -0.0671. The molecule has 0 aliphatic rings. The fourth-order valence-corrected chi connectivity index (χ4v) is 3.95. The third-order valence-corrected chi connectivity index (χ3v) is 5.55. The highest BCUT2D eigenvalue weighted by atomic mass is 16.1. The Labute approximate surface area is 192 Å². The highest BCUT2D eigenvalue weighted by Crippen LogP contribution is 2.28. The number of aryl methyl sites for hydroxylation is 2. The highest BCUT2D eigenvalue weighted by molar-refractivity contribution is 5.85. The largest absolute Gasteiger partial charge is 0.341 e. The van der Waals surface area contributed by atoms with Crippen molar-refractivity contribution >= 4 is 34.0 Å². The Hall–Kier alpha value is -4.38. The molecular weight excluding hydrogens is 408 g/mol. The van der Waals surface area contributed by atoms with E-state index in [1.54, 1.807) is 6.07 Å². The lowest BCUT2D eigenvalue weighted by atomic mass is 10.1. The molecule has 5 nitrogen and oxygen atoms in total. The molecule has 5 aromatic rings. The van der Waals surface area contributed by atoms with Crippen molar-refractivity contribution in [3.8, 4) is 5.69 Å². The van der Waals surface area contributed by atoms with Crippen molar-refractivity contribution in [2.24, 2.45) is 0 Å². The number of pyridine rings is 2. The molecule has 0 saturated heterocycles. The van der Waals surface area contributed by atoms with Crippen LogP contribution in [0, 0.1) is 13.8 Å². The van der Waals surface area contributed by atoms with Gasteiger partial charge in [-0.15, -0.1) is 0 Å². The van der Waals surface area contributed by atoms with Gasteiger partial charge in [0.25, 0.3) is 0 Å². The van der Waals surface area contributed by atoms with E-state index in [1.807, 2.05) is 90.4 Å². The molecule has 0 aliphatic heterocycles. The number of anilines is 4. The van der Waals surface area contributed by atoms with Gasteiger partial charge in [-0.3, -0.25) is 9.36 Å². The second-order valence-electron chi connectivity index (χ2n) is 8.07. The topological polar surface area (TPSA) is 59.0 Å². The van der Waals surface area contributed by atoms with Crippen LogP contribution in [0.25, 0.3) is 16.7 Å². The van der Waals surface area contributed by atoms with Crippen LogP contribution in [0.4, 0.5) is 23.0 Å². The minimum absolute atomic E-state index is 0.0671. The second kappa shape index (κ2) is 8.63. The predicted molar refractivity (Wildman–Crippen MR) is 136 cm³/mol. The Kier molecular flexibility index (Phi) is 5.37. The van der Waals surface area contributed by atoms with E-state index in [0.717, 1.165) is 22.6 Å². The lowest BCUT2D eigenvalue weighted by Gasteiger charge is -2.19. The standard InChI is InChI=1S/C28H24N4O/c1-19-13-15-22(16-14-19)29-25-17-20(2)27-24(33)18-26(30-21-9-5-3-6-10-21)32(28(27)31-25)23-11-7-4-8-12-23/h3-18,30H,1-2H3,(H,29,31). The van der Waals surface area contributed by atoms with Gasteiger partial charge in [0.1, 0.15) is 11.6 Å². The number of rotatable bonds is 5. The number of benzene rings is 3. The van der Waals surface area contributed by atoms with Crippen LogP contribution in [0.1, 0.15) is 11.1 Å². The van der Waals surface area contributed by atoms with Crippen molar-refractivity contribution in [3.63, 3.8) is 0 Å². The zero-order chi connectivity index (χ0) is 22.8. The average molecular weight is 433 g/mol. The van der Waals surface area contributed by atoms with Gasteiger partial charge >= 0.3 is 0 Å². The maximum Gasteiger partial charge on any atom is 0.193 e. The normalized spacial score (nSPS) is 10.8. The summed E-state index contributed by atoms with van der Waals surface area (Å²) < 4.78 is 2.00. The predicted octanol–water partition coefficient (Wildman–Crippen LogP) is 6.49. The molecule has 0 unspecified atom stereocenters. The number of hydrogen-bond donors (Lipinski definition) is 2. The maximum absolute atomic E-state index is 13.2. The van der Waals surface area contributed by atoms with Crippen LogP contribution in [0.5, 0.6) is 0 Å². The lowest BCUT2D eigenvalue weighted by Crippen LogP contribution is -2.15. The van der Waals surface area contributed by atoms with E-state index in [0.29, 0.717) is 22.7 Å². The molecule has 0 radical (unpaired) electrons. The molecule has 0 saturated carbocycles. The van der Waals surface area contributed by atoms with Gasteiger partial charge in [-0.1, -0.05) is 54.1 Å². The number of aromatic nitrogens is 2. The molecule has 0 amide bonds. The Morgan fingerprint density at radius 3 is 2.06 bits per heavy atom. The van der Waals surface area contributed by atoms with E-state index >= 15 is 0 Å². The van der Waals surface area contributed by atoms with E-state index in [2.05, 4.69) is 29.7 Å². The first-order valence-electron chi connectivity index (χ1n) is 10.9. The Balaban J connectivity index is 1.73. The van der Waals surface area contributed by atoms with Crippen LogP contribution >= 0.6 is 0 Å². The van der Waals surface area contributed by atoms with Crippen molar-refractivity contribution in [3.05, 3.63) is 118 Å². The van der Waals surface area contributed by atoms with Crippen molar-refractivity contribution in [1.82, 2.24) is 9.55 Å². The molecule has 0 spiro atoms. The van der Waals surface area contributed by atoms with Gasteiger partial charge in [0.05, 0.1) is 5.39 Å². The summed E-state index contributed by atoms with van der Waals surface area (Å²) in [5, 5.41) is 7.39. The molecular formula is C28H24N4O. The summed E-state index contributed by atoms with van der Waals surface area (Å²) in [4.78, 5) is 18.1. The maximum atomic E-state index is 13.2. The van der Waals surface area contributed by atoms with E-state index in [4.69, 9.17) is 4.98 Å². The molecule has 5 rings (SSSR count). The molecule has 3 aromatic carbocycles. The van der Waals surface area contributed by atoms with Crippen LogP contribution in [0.2, 0.25) is 0 Å². The Morgan fingerprint density at radius 2 is 1.36 bits per heavy atom. The van der Waals surface area contributed by atoms with Crippen molar-refractivity contribution in [1.29, 1.82) is 0 Å². The van der Waals surface area contributed by atoms with Gasteiger partial charge in [0.2, 0.25) is 0 Å². The molecule has 0 fully saturated rings. The third-order valence-electron chi connectivity index (χ3n) is 5.55. The van der Waals surface area contributed by atoms with Gasteiger partial charge in [-0.25, -0.2) is 4.98 Å². The number of nitrogens with zero attached hydrogens (tertiary/aromatic N) is 2. The smallest absolute Gasteiger partial charge is 0.193 e. The first kappa shape index (κ1) is 20.5. The number of nitrogens with one attached hydrogen (secondary N) is 2. The van der Waals surface area contributed by atoms with Crippen LogP contribution in [0.3, 0.4) is 0 Å². The van der Waals surface area contributed by atoms with E-state index < -0.39 is 0 Å². The molecule has 162 valence electrons. The highest BCUT2D eigenvalue weighted by Gasteiger charge is 2.16. The van der Waals surface area contributed by atoms with Crippen LogP contribution in [0.15, 0.2) is 102 Å². The van der Waals surface area contributed by atoms with Crippen LogP contribution in [-0.4, -0.2) is 9.55 Å². The number of para-hydroxylation sites is 2. The van der Waals surface area contributed by atoms with Gasteiger partial charge in [-0.05, 0) is 61.9 Å². The molecule has 0 bridgehead atoms. The first-order valence-corrected chi connectivity index (χ1v) is 10.9. The third kappa shape index (κ3) is 4.21. The summed E-state index contributed by atoms with van der Waals surface area (Å²) in [7, 11) is 0. The van der Waals surface area contributed by atoms with E-state index in [-0.39, 0.29) is 5.43 Å². The molecule has 0 atom stereocenters. The Bertz CT molecular complexity index is 1470. The summed E-state index contributed by atoms with van der Waals surface area (Å²) in [6.07, 6.45) is 0. The van der Waals surface area contributed by atoms with Gasteiger partial charge < -0.3 is 10.6 Å². The van der Waals surface area contributed by atoms with Crippen LogP contribution in [-0.2, 0) is 0 Å². The van der Waals surface area contributed by atoms with Gasteiger partial charge in [0.15, 0.2) is 11.1 Å². The molecule has 33 heavy (non-hydrogen) atoms. The van der Waals surface area contributed by atoms with Crippen molar-refractivity contribution in [2.75, 3.05) is 10.6 Å². The summed E-state index contributed by atoms with van der Waals surface area (Å²) in [6.45, 7) is 4.01. The van der Waals surface area contributed by atoms with Gasteiger partial charge in [-0.2, -0.15) is 0 Å². The second-order valence-corrected chi connectivity index (χ2v) is 8.07. The summed E-state index contributed by atoms with van der Waals surface area (Å²) >= 11 is 0. The van der Waals surface area contributed by atoms with Crippen molar-refractivity contribution < 1.29 is 0 Å².